The molecule has 0 aliphatic heterocycles. The van der Waals surface area contributed by atoms with Gasteiger partial charge in [0, 0.05) is 6.42 Å². The minimum absolute atomic E-state index is 0.0736. The molecule has 4 heteroatoms. The third-order valence-corrected chi connectivity index (χ3v) is 4.11. The van der Waals surface area contributed by atoms with Crippen LogP contribution in [0.3, 0.4) is 0 Å². The Morgan fingerprint density at radius 1 is 1.26 bits per heavy atom. The molecule has 124 valence electrons. The van der Waals surface area contributed by atoms with E-state index < -0.39 is 0 Å². The molecule has 1 aromatic carbocycles. The Morgan fingerprint density at radius 2 is 1.87 bits per heavy atom. The zero-order valence-corrected chi connectivity index (χ0v) is 14.9. The van der Waals surface area contributed by atoms with Crippen LogP contribution in [0.25, 0.3) is 0 Å². The number of amides is 1. The molecule has 0 spiro atoms. The molecule has 1 heterocycles. The van der Waals surface area contributed by atoms with E-state index in [1.807, 2.05) is 13.8 Å². The van der Waals surface area contributed by atoms with Crippen molar-refractivity contribution in [3.63, 3.8) is 0 Å². The lowest BCUT2D eigenvalue weighted by molar-refractivity contribution is 0.0937. The quantitative estimate of drug-likeness (QED) is 0.913. The van der Waals surface area contributed by atoms with Crippen molar-refractivity contribution in [3.8, 4) is 0 Å². The van der Waals surface area contributed by atoms with Crippen LogP contribution in [0.4, 0.5) is 0 Å². The van der Waals surface area contributed by atoms with Crippen molar-refractivity contribution in [1.82, 2.24) is 10.5 Å². The fourth-order valence-electron chi connectivity index (χ4n) is 2.57. The highest BCUT2D eigenvalue weighted by atomic mass is 16.5. The Kier molecular flexibility index (Phi) is 4.93. The molecule has 0 aliphatic rings. The van der Waals surface area contributed by atoms with Crippen molar-refractivity contribution in [2.75, 3.05) is 0 Å². The highest BCUT2D eigenvalue weighted by molar-refractivity contribution is 5.96. The minimum atomic E-state index is -0.131. The van der Waals surface area contributed by atoms with Gasteiger partial charge in [-0.3, -0.25) is 4.79 Å². The van der Waals surface area contributed by atoms with Crippen LogP contribution in [0.2, 0.25) is 0 Å². The molecule has 0 fully saturated rings. The summed E-state index contributed by atoms with van der Waals surface area (Å²) in [5.74, 6) is 0.503. The number of rotatable bonds is 4. The fourth-order valence-corrected chi connectivity index (χ4v) is 2.57. The van der Waals surface area contributed by atoms with Gasteiger partial charge in [-0.15, -0.1) is 0 Å². The second-order valence-corrected chi connectivity index (χ2v) is 6.99. The molecular formula is C19H26N2O2. The van der Waals surface area contributed by atoms with Crippen molar-refractivity contribution < 1.29 is 9.32 Å². The first kappa shape index (κ1) is 17.3. The Hall–Kier alpha value is -2.10. The van der Waals surface area contributed by atoms with E-state index in [9.17, 15) is 4.79 Å². The van der Waals surface area contributed by atoms with Gasteiger partial charge < -0.3 is 9.84 Å². The van der Waals surface area contributed by atoms with Crippen molar-refractivity contribution in [2.24, 2.45) is 0 Å². The van der Waals surface area contributed by atoms with Gasteiger partial charge in [-0.25, -0.2) is 0 Å². The SMILES string of the molecule is CCc1onc(C)c1C(=O)NC(C)c1ccc(C(C)(C)C)cc1. The van der Waals surface area contributed by atoms with Gasteiger partial charge in [0.05, 0.1) is 11.7 Å². The van der Waals surface area contributed by atoms with E-state index in [1.54, 1.807) is 6.92 Å². The van der Waals surface area contributed by atoms with Crippen LogP contribution < -0.4 is 5.32 Å². The summed E-state index contributed by atoms with van der Waals surface area (Å²) in [5, 5.41) is 6.92. The van der Waals surface area contributed by atoms with Crippen molar-refractivity contribution in [2.45, 2.75) is 59.4 Å². The van der Waals surface area contributed by atoms with E-state index in [1.165, 1.54) is 5.56 Å². The number of carbonyl (C=O) groups is 1. The van der Waals surface area contributed by atoms with E-state index in [0.29, 0.717) is 23.4 Å². The molecule has 1 amide bonds. The molecular weight excluding hydrogens is 288 g/mol. The number of hydrogen-bond donors (Lipinski definition) is 1. The van der Waals surface area contributed by atoms with Gasteiger partial charge in [0.25, 0.3) is 5.91 Å². The largest absolute Gasteiger partial charge is 0.360 e. The van der Waals surface area contributed by atoms with Crippen LogP contribution in [0.15, 0.2) is 28.8 Å². The van der Waals surface area contributed by atoms with Gasteiger partial charge >= 0.3 is 0 Å². The summed E-state index contributed by atoms with van der Waals surface area (Å²) in [6.07, 6.45) is 0.651. The third-order valence-electron chi connectivity index (χ3n) is 4.11. The predicted octanol–water partition coefficient (Wildman–Crippen LogP) is 4.33. The van der Waals surface area contributed by atoms with E-state index in [4.69, 9.17) is 4.52 Å². The summed E-state index contributed by atoms with van der Waals surface area (Å²) in [5.41, 5.74) is 3.68. The maximum absolute atomic E-state index is 12.5. The van der Waals surface area contributed by atoms with Crippen molar-refractivity contribution in [1.29, 1.82) is 0 Å². The summed E-state index contributed by atoms with van der Waals surface area (Å²) < 4.78 is 5.20. The highest BCUT2D eigenvalue weighted by Gasteiger charge is 2.21. The van der Waals surface area contributed by atoms with Gasteiger partial charge in [-0.2, -0.15) is 0 Å². The van der Waals surface area contributed by atoms with Gasteiger partial charge in [0.15, 0.2) is 0 Å². The molecule has 1 atom stereocenters. The topological polar surface area (TPSA) is 55.1 Å². The van der Waals surface area contributed by atoms with Crippen molar-refractivity contribution in [3.05, 3.63) is 52.4 Å². The van der Waals surface area contributed by atoms with Gasteiger partial charge in [0.2, 0.25) is 0 Å². The Labute approximate surface area is 138 Å². The first-order chi connectivity index (χ1) is 10.7. The summed E-state index contributed by atoms with van der Waals surface area (Å²) in [7, 11) is 0. The maximum atomic E-state index is 12.5. The van der Waals surface area contributed by atoms with Gasteiger partial charge in [-0.05, 0) is 30.4 Å². The smallest absolute Gasteiger partial charge is 0.257 e. The summed E-state index contributed by atoms with van der Waals surface area (Å²) in [6.45, 7) is 12.3. The zero-order chi connectivity index (χ0) is 17.2. The van der Waals surface area contributed by atoms with Crippen molar-refractivity contribution >= 4 is 5.91 Å². The summed E-state index contributed by atoms with van der Waals surface area (Å²) in [4.78, 5) is 12.5. The number of aromatic nitrogens is 1. The standard InChI is InChI=1S/C19H26N2O2/c1-7-16-17(13(3)21-23-16)18(22)20-12(2)14-8-10-15(11-9-14)19(4,5)6/h8-12H,7H2,1-6H3,(H,20,22). The number of aryl methyl sites for hydroxylation is 2. The summed E-state index contributed by atoms with van der Waals surface area (Å²) >= 11 is 0. The second kappa shape index (κ2) is 6.57. The lowest BCUT2D eigenvalue weighted by Crippen LogP contribution is -2.27. The lowest BCUT2D eigenvalue weighted by Gasteiger charge is -2.20. The lowest BCUT2D eigenvalue weighted by atomic mass is 9.86. The fraction of sp³-hybridized carbons (Fsp3) is 0.474. The Bertz CT molecular complexity index is 678. The molecule has 1 unspecified atom stereocenters. The number of nitrogens with zero attached hydrogens (tertiary/aromatic N) is 1. The van der Waals surface area contributed by atoms with Crippen LogP contribution >= 0.6 is 0 Å². The van der Waals surface area contributed by atoms with E-state index in [-0.39, 0.29) is 17.4 Å². The van der Waals surface area contributed by atoms with Crippen LogP contribution in [0, 0.1) is 6.92 Å². The Morgan fingerprint density at radius 3 is 2.39 bits per heavy atom. The van der Waals surface area contributed by atoms with E-state index in [2.05, 4.69) is 55.5 Å². The molecule has 2 rings (SSSR count). The number of benzene rings is 1. The van der Waals surface area contributed by atoms with Crippen LogP contribution in [-0.4, -0.2) is 11.1 Å². The molecule has 1 aromatic heterocycles. The molecule has 0 radical (unpaired) electrons. The number of hydrogen-bond acceptors (Lipinski definition) is 3. The number of nitrogens with one attached hydrogen (secondary N) is 1. The maximum Gasteiger partial charge on any atom is 0.257 e. The average molecular weight is 314 g/mol. The van der Waals surface area contributed by atoms with Gasteiger partial charge in [-0.1, -0.05) is 57.1 Å². The first-order valence-corrected chi connectivity index (χ1v) is 8.10. The second-order valence-electron chi connectivity index (χ2n) is 6.99. The molecule has 1 N–H and O–H groups in total. The molecule has 2 aromatic rings. The zero-order valence-electron chi connectivity index (χ0n) is 14.9. The molecule has 0 saturated heterocycles. The van der Waals surface area contributed by atoms with Crippen LogP contribution in [0.1, 0.15) is 73.6 Å². The molecule has 23 heavy (non-hydrogen) atoms. The number of carbonyl (C=O) groups excluding carboxylic acids is 1. The van der Waals surface area contributed by atoms with Gasteiger partial charge in [0.1, 0.15) is 11.3 Å². The minimum Gasteiger partial charge on any atom is -0.360 e. The predicted molar refractivity (Wildman–Crippen MR) is 91.6 cm³/mol. The normalized spacial score (nSPS) is 13.0. The summed E-state index contributed by atoms with van der Waals surface area (Å²) in [6, 6.07) is 8.33. The van der Waals surface area contributed by atoms with E-state index >= 15 is 0 Å². The average Bonchev–Trinajstić information content (AvgIpc) is 2.87. The Balaban J connectivity index is 2.14. The van der Waals surface area contributed by atoms with Crippen LogP contribution in [0.5, 0.6) is 0 Å². The molecule has 4 nitrogen and oxygen atoms in total. The highest BCUT2D eigenvalue weighted by Crippen LogP contribution is 2.24. The first-order valence-electron chi connectivity index (χ1n) is 8.10. The third kappa shape index (κ3) is 3.81. The van der Waals surface area contributed by atoms with Crippen LogP contribution in [-0.2, 0) is 11.8 Å². The van der Waals surface area contributed by atoms with E-state index in [0.717, 1.165) is 5.56 Å². The molecule has 0 saturated carbocycles. The molecule has 0 bridgehead atoms. The monoisotopic (exact) mass is 314 g/mol. The molecule has 0 aliphatic carbocycles.